The number of benzene rings is 1. The lowest BCUT2D eigenvalue weighted by molar-refractivity contribution is 0.0684. The molecule has 1 aliphatic heterocycles. The van der Waals surface area contributed by atoms with Crippen molar-refractivity contribution >= 4 is 5.91 Å². The van der Waals surface area contributed by atoms with Crippen LogP contribution in [0.3, 0.4) is 0 Å². The first-order chi connectivity index (χ1) is 14.1. The van der Waals surface area contributed by atoms with Crippen LogP contribution in [0.15, 0.2) is 36.7 Å². The van der Waals surface area contributed by atoms with Crippen LogP contribution in [0, 0.1) is 12.8 Å². The predicted octanol–water partition coefficient (Wildman–Crippen LogP) is 3.21. The zero-order valence-electron chi connectivity index (χ0n) is 17.8. The Morgan fingerprint density at radius 2 is 2.17 bits per heavy atom. The smallest absolute Gasteiger partial charge is 0.274 e. The van der Waals surface area contributed by atoms with Gasteiger partial charge in [0.05, 0.1) is 19.0 Å². The first kappa shape index (κ1) is 21.2. The molecule has 1 aromatic carbocycles. The Hall–Kier alpha value is -2.47. The van der Waals surface area contributed by atoms with E-state index in [1.165, 1.54) is 18.4 Å². The average molecular weight is 397 g/mol. The van der Waals surface area contributed by atoms with E-state index in [0.29, 0.717) is 18.2 Å². The van der Waals surface area contributed by atoms with Crippen LogP contribution in [0.25, 0.3) is 0 Å². The molecule has 6 nitrogen and oxygen atoms in total. The number of hydrogen-bond donors (Lipinski definition) is 0. The molecule has 0 N–H and O–H groups in total. The summed E-state index contributed by atoms with van der Waals surface area (Å²) >= 11 is 0. The number of piperidine rings is 1. The first-order valence-corrected chi connectivity index (χ1v) is 10.5. The molecule has 1 amide bonds. The molecule has 1 fully saturated rings. The van der Waals surface area contributed by atoms with E-state index in [-0.39, 0.29) is 5.91 Å². The highest BCUT2D eigenvalue weighted by molar-refractivity contribution is 5.91. The lowest BCUT2D eigenvalue weighted by Crippen LogP contribution is -2.43. The summed E-state index contributed by atoms with van der Waals surface area (Å²) in [6, 6.07) is 8.30. The Bertz CT molecular complexity index is 794. The van der Waals surface area contributed by atoms with Crippen molar-refractivity contribution in [3.8, 4) is 5.75 Å². The number of hydrogen-bond acceptors (Lipinski definition) is 5. The minimum absolute atomic E-state index is 0.0199. The number of carbonyl (C=O) groups is 1. The zero-order valence-corrected chi connectivity index (χ0v) is 17.8. The van der Waals surface area contributed by atoms with Crippen LogP contribution in [0.1, 0.15) is 41.5 Å². The number of methoxy groups -OCH3 is 1. The molecule has 0 aliphatic carbocycles. The maximum atomic E-state index is 12.8. The molecule has 0 bridgehead atoms. The topological polar surface area (TPSA) is 58.6 Å². The lowest BCUT2D eigenvalue weighted by atomic mass is 9.96. The molecule has 6 heteroatoms. The van der Waals surface area contributed by atoms with E-state index in [0.717, 1.165) is 44.0 Å². The third-order valence-electron chi connectivity index (χ3n) is 5.60. The van der Waals surface area contributed by atoms with E-state index in [4.69, 9.17) is 4.74 Å². The average Bonchev–Trinajstić information content (AvgIpc) is 2.76. The van der Waals surface area contributed by atoms with Gasteiger partial charge in [0.2, 0.25) is 0 Å². The van der Waals surface area contributed by atoms with Gasteiger partial charge in [0.25, 0.3) is 5.91 Å². The van der Waals surface area contributed by atoms with Crippen molar-refractivity contribution in [3.63, 3.8) is 0 Å². The number of likely N-dealkylation sites (tertiary alicyclic amines) is 1. The summed E-state index contributed by atoms with van der Waals surface area (Å²) < 4.78 is 5.32. The summed E-state index contributed by atoms with van der Waals surface area (Å²) in [5, 5.41) is 0. The van der Waals surface area contributed by atoms with Crippen LogP contribution in [-0.2, 0) is 6.42 Å². The van der Waals surface area contributed by atoms with Crippen molar-refractivity contribution in [2.24, 2.45) is 5.92 Å². The molecular weight excluding hydrogens is 364 g/mol. The summed E-state index contributed by atoms with van der Waals surface area (Å²) in [7, 11) is 1.71. The summed E-state index contributed by atoms with van der Waals surface area (Å²) in [5.41, 5.74) is 2.56. The summed E-state index contributed by atoms with van der Waals surface area (Å²) in [6.07, 6.45) is 6.60. The van der Waals surface area contributed by atoms with Gasteiger partial charge < -0.3 is 14.5 Å². The summed E-state index contributed by atoms with van der Waals surface area (Å²) in [6.45, 7) is 8.57. The monoisotopic (exact) mass is 396 g/mol. The van der Waals surface area contributed by atoms with Gasteiger partial charge in [-0.25, -0.2) is 4.98 Å². The van der Waals surface area contributed by atoms with Gasteiger partial charge in [-0.05, 0) is 63.3 Å². The van der Waals surface area contributed by atoms with Crippen LogP contribution >= 0.6 is 0 Å². The molecule has 0 unspecified atom stereocenters. The van der Waals surface area contributed by atoms with Crippen molar-refractivity contribution in [1.29, 1.82) is 0 Å². The number of aromatic nitrogens is 2. The maximum absolute atomic E-state index is 12.8. The Balaban J connectivity index is 1.53. The van der Waals surface area contributed by atoms with Gasteiger partial charge >= 0.3 is 0 Å². The molecule has 3 rings (SSSR count). The van der Waals surface area contributed by atoms with E-state index < -0.39 is 0 Å². The molecule has 2 aromatic rings. The molecule has 156 valence electrons. The van der Waals surface area contributed by atoms with Gasteiger partial charge in [-0.2, -0.15) is 0 Å². The van der Waals surface area contributed by atoms with E-state index in [2.05, 4.69) is 27.0 Å². The normalized spacial score (nSPS) is 17.1. The highest BCUT2D eigenvalue weighted by Crippen LogP contribution is 2.20. The minimum atomic E-state index is -0.0199. The quantitative estimate of drug-likeness (QED) is 0.686. The number of ether oxygens (including phenoxy) is 1. The Morgan fingerprint density at radius 3 is 2.90 bits per heavy atom. The van der Waals surface area contributed by atoms with Gasteiger partial charge in [0.15, 0.2) is 0 Å². The zero-order chi connectivity index (χ0) is 20.6. The SMILES string of the molecule is CCN(C[C@H]1CCCN(CCc2cccc(OC)c2)C1)C(=O)c1cnc(C)cn1. The van der Waals surface area contributed by atoms with Crippen LogP contribution in [0.4, 0.5) is 0 Å². The number of aryl methyl sites for hydroxylation is 1. The van der Waals surface area contributed by atoms with Crippen molar-refractivity contribution in [1.82, 2.24) is 19.8 Å². The fourth-order valence-corrected chi connectivity index (χ4v) is 3.95. The van der Waals surface area contributed by atoms with Gasteiger partial charge in [0, 0.05) is 32.4 Å². The van der Waals surface area contributed by atoms with Crippen molar-refractivity contribution in [2.45, 2.75) is 33.1 Å². The van der Waals surface area contributed by atoms with Crippen LogP contribution < -0.4 is 4.74 Å². The molecule has 1 aromatic heterocycles. The van der Waals surface area contributed by atoms with Crippen LogP contribution in [-0.4, -0.2) is 65.5 Å². The standard InChI is InChI=1S/C23H32N4O2/c1-4-27(23(28)22-15-24-18(2)14-25-22)17-20-8-6-11-26(16-20)12-10-19-7-5-9-21(13-19)29-3/h5,7,9,13-15,20H,4,6,8,10-12,16-17H2,1-3H3/t20-/m0/s1. The molecule has 0 radical (unpaired) electrons. The van der Waals surface area contributed by atoms with E-state index >= 15 is 0 Å². The molecule has 0 saturated carbocycles. The molecule has 1 aliphatic rings. The number of amides is 1. The predicted molar refractivity (Wildman–Crippen MR) is 114 cm³/mol. The Morgan fingerprint density at radius 1 is 1.31 bits per heavy atom. The van der Waals surface area contributed by atoms with Gasteiger partial charge in [-0.3, -0.25) is 9.78 Å². The van der Waals surface area contributed by atoms with Crippen LogP contribution in [0.2, 0.25) is 0 Å². The Labute approximate surface area is 173 Å². The first-order valence-electron chi connectivity index (χ1n) is 10.5. The van der Waals surface area contributed by atoms with Crippen molar-refractivity contribution < 1.29 is 9.53 Å². The fourth-order valence-electron chi connectivity index (χ4n) is 3.95. The highest BCUT2D eigenvalue weighted by atomic mass is 16.5. The van der Waals surface area contributed by atoms with Crippen molar-refractivity contribution in [2.75, 3.05) is 39.8 Å². The third kappa shape index (κ3) is 6.00. The number of nitrogens with zero attached hydrogens (tertiary/aromatic N) is 4. The fraction of sp³-hybridized carbons (Fsp3) is 0.522. The molecule has 1 atom stereocenters. The van der Waals surface area contributed by atoms with Gasteiger partial charge in [-0.15, -0.1) is 0 Å². The molecular formula is C23H32N4O2. The van der Waals surface area contributed by atoms with Gasteiger partial charge in [-0.1, -0.05) is 12.1 Å². The maximum Gasteiger partial charge on any atom is 0.274 e. The Kier molecular flexibility index (Phi) is 7.58. The number of carbonyl (C=O) groups excluding carboxylic acids is 1. The van der Waals surface area contributed by atoms with Crippen LogP contribution in [0.5, 0.6) is 5.75 Å². The number of rotatable bonds is 8. The summed E-state index contributed by atoms with van der Waals surface area (Å²) in [4.78, 5) is 25.7. The largest absolute Gasteiger partial charge is 0.497 e. The second-order valence-corrected chi connectivity index (χ2v) is 7.80. The van der Waals surface area contributed by atoms with E-state index in [1.54, 1.807) is 19.5 Å². The van der Waals surface area contributed by atoms with E-state index in [9.17, 15) is 4.79 Å². The summed E-state index contributed by atoms with van der Waals surface area (Å²) in [5.74, 6) is 1.39. The third-order valence-corrected chi connectivity index (χ3v) is 5.60. The van der Waals surface area contributed by atoms with Crippen molar-refractivity contribution in [3.05, 3.63) is 53.6 Å². The molecule has 1 saturated heterocycles. The molecule has 0 spiro atoms. The second kappa shape index (κ2) is 10.3. The van der Waals surface area contributed by atoms with E-state index in [1.807, 2.05) is 30.9 Å². The second-order valence-electron chi connectivity index (χ2n) is 7.80. The minimum Gasteiger partial charge on any atom is -0.497 e. The highest BCUT2D eigenvalue weighted by Gasteiger charge is 2.24. The lowest BCUT2D eigenvalue weighted by Gasteiger charge is -2.35. The molecule has 2 heterocycles. The molecule has 29 heavy (non-hydrogen) atoms. The van der Waals surface area contributed by atoms with Gasteiger partial charge in [0.1, 0.15) is 11.4 Å².